The quantitative estimate of drug-likeness (QED) is 0.723. The van der Waals surface area contributed by atoms with Crippen LogP contribution in [0, 0.1) is 13.8 Å². The molecular formula is C21H25NO5. The molecule has 0 aliphatic rings. The summed E-state index contributed by atoms with van der Waals surface area (Å²) in [4.78, 5) is 24.0. The van der Waals surface area contributed by atoms with Crippen molar-refractivity contribution in [3.63, 3.8) is 0 Å². The number of hydrogen-bond acceptors (Lipinski definition) is 5. The summed E-state index contributed by atoms with van der Waals surface area (Å²) in [5, 5.41) is 2.74. The summed E-state index contributed by atoms with van der Waals surface area (Å²) in [6.45, 7) is 3.91. The third-order valence-corrected chi connectivity index (χ3v) is 4.12. The van der Waals surface area contributed by atoms with Crippen LogP contribution in [0.5, 0.6) is 11.5 Å². The highest BCUT2D eigenvalue weighted by Gasteiger charge is 2.12. The highest BCUT2D eigenvalue weighted by molar-refractivity contribution is 5.92. The molecule has 0 radical (unpaired) electrons. The first kappa shape index (κ1) is 20.3. The SMILES string of the molecule is COc1ccc(CCNC(=O)COC(=O)c2ccc(C)cc2C)cc1OC. The van der Waals surface area contributed by atoms with Crippen LogP contribution in [-0.2, 0) is 16.0 Å². The summed E-state index contributed by atoms with van der Waals surface area (Å²) < 4.78 is 15.5. The summed E-state index contributed by atoms with van der Waals surface area (Å²) in [6.07, 6.45) is 0.622. The van der Waals surface area contributed by atoms with Crippen molar-refractivity contribution in [2.45, 2.75) is 20.3 Å². The zero-order valence-corrected chi connectivity index (χ0v) is 16.1. The van der Waals surface area contributed by atoms with Gasteiger partial charge < -0.3 is 19.5 Å². The number of aryl methyl sites for hydroxylation is 2. The molecule has 0 aliphatic heterocycles. The van der Waals surface area contributed by atoms with Crippen molar-refractivity contribution < 1.29 is 23.8 Å². The van der Waals surface area contributed by atoms with Gasteiger partial charge in [-0.15, -0.1) is 0 Å². The van der Waals surface area contributed by atoms with E-state index in [1.165, 1.54) is 0 Å². The van der Waals surface area contributed by atoms with E-state index < -0.39 is 5.97 Å². The lowest BCUT2D eigenvalue weighted by Gasteiger charge is -2.10. The van der Waals surface area contributed by atoms with Crippen LogP contribution in [0.25, 0.3) is 0 Å². The number of carbonyl (C=O) groups excluding carboxylic acids is 2. The highest BCUT2D eigenvalue weighted by atomic mass is 16.5. The molecule has 0 atom stereocenters. The van der Waals surface area contributed by atoms with Crippen LogP contribution in [-0.4, -0.2) is 39.2 Å². The summed E-state index contributed by atoms with van der Waals surface area (Å²) in [5.74, 6) is 0.462. The van der Waals surface area contributed by atoms with Crippen molar-refractivity contribution in [1.82, 2.24) is 5.32 Å². The third-order valence-electron chi connectivity index (χ3n) is 4.12. The zero-order chi connectivity index (χ0) is 19.8. The predicted molar refractivity (Wildman–Crippen MR) is 102 cm³/mol. The van der Waals surface area contributed by atoms with Gasteiger partial charge >= 0.3 is 5.97 Å². The minimum absolute atomic E-state index is 0.307. The fraction of sp³-hybridized carbons (Fsp3) is 0.333. The zero-order valence-electron chi connectivity index (χ0n) is 16.1. The molecule has 2 aromatic rings. The molecule has 0 saturated heterocycles. The molecule has 6 nitrogen and oxygen atoms in total. The summed E-state index contributed by atoms with van der Waals surface area (Å²) >= 11 is 0. The van der Waals surface area contributed by atoms with Gasteiger partial charge in [0.15, 0.2) is 18.1 Å². The second-order valence-electron chi connectivity index (χ2n) is 6.18. The second kappa shape index (κ2) is 9.62. The van der Waals surface area contributed by atoms with Gasteiger partial charge in [-0.3, -0.25) is 4.79 Å². The Balaban J connectivity index is 1.78. The van der Waals surface area contributed by atoms with Crippen LogP contribution in [0.15, 0.2) is 36.4 Å². The minimum Gasteiger partial charge on any atom is -0.493 e. The number of rotatable bonds is 8. The predicted octanol–water partition coefficient (Wildman–Crippen LogP) is 2.84. The average molecular weight is 371 g/mol. The molecule has 0 aromatic heterocycles. The van der Waals surface area contributed by atoms with Gasteiger partial charge in [-0.2, -0.15) is 0 Å². The highest BCUT2D eigenvalue weighted by Crippen LogP contribution is 2.27. The van der Waals surface area contributed by atoms with Gasteiger partial charge in [0.2, 0.25) is 0 Å². The van der Waals surface area contributed by atoms with E-state index in [1.54, 1.807) is 20.3 Å². The summed E-state index contributed by atoms with van der Waals surface area (Å²) in [5.41, 5.74) is 3.37. The Hall–Kier alpha value is -3.02. The van der Waals surface area contributed by atoms with Crippen LogP contribution < -0.4 is 14.8 Å². The monoisotopic (exact) mass is 371 g/mol. The number of carbonyl (C=O) groups is 2. The van der Waals surface area contributed by atoms with Crippen molar-refractivity contribution in [3.8, 4) is 11.5 Å². The van der Waals surface area contributed by atoms with Crippen molar-refractivity contribution in [2.75, 3.05) is 27.4 Å². The topological polar surface area (TPSA) is 73.9 Å². The Kier molecular flexibility index (Phi) is 7.23. The lowest BCUT2D eigenvalue weighted by Crippen LogP contribution is -2.30. The smallest absolute Gasteiger partial charge is 0.338 e. The standard InChI is InChI=1S/C21H25NO5/c1-14-5-7-17(15(2)11-14)21(24)27-13-20(23)22-10-9-16-6-8-18(25-3)19(12-16)26-4/h5-8,11-12H,9-10,13H2,1-4H3,(H,22,23). The van der Waals surface area contributed by atoms with Crippen molar-refractivity contribution >= 4 is 11.9 Å². The number of benzene rings is 2. The number of ether oxygens (including phenoxy) is 3. The fourth-order valence-electron chi connectivity index (χ4n) is 2.68. The van der Waals surface area contributed by atoms with E-state index in [2.05, 4.69) is 5.32 Å². The average Bonchev–Trinajstić information content (AvgIpc) is 2.66. The van der Waals surface area contributed by atoms with E-state index in [-0.39, 0.29) is 12.5 Å². The first-order chi connectivity index (χ1) is 12.9. The lowest BCUT2D eigenvalue weighted by molar-refractivity contribution is -0.124. The van der Waals surface area contributed by atoms with E-state index in [0.29, 0.717) is 30.0 Å². The van der Waals surface area contributed by atoms with E-state index in [0.717, 1.165) is 16.7 Å². The maximum atomic E-state index is 12.1. The molecule has 0 spiro atoms. The first-order valence-electron chi connectivity index (χ1n) is 8.66. The minimum atomic E-state index is -0.498. The van der Waals surface area contributed by atoms with Gasteiger partial charge in [0, 0.05) is 6.54 Å². The Labute approximate surface area is 159 Å². The summed E-state index contributed by atoms with van der Waals surface area (Å²) in [6, 6.07) is 11.1. The summed E-state index contributed by atoms with van der Waals surface area (Å²) in [7, 11) is 3.16. The maximum absolute atomic E-state index is 12.1. The molecule has 6 heteroatoms. The van der Waals surface area contributed by atoms with E-state index in [1.807, 2.05) is 44.2 Å². The molecule has 1 amide bonds. The molecular weight excluding hydrogens is 346 g/mol. The molecule has 1 N–H and O–H groups in total. The third kappa shape index (κ3) is 5.74. The molecule has 144 valence electrons. The van der Waals surface area contributed by atoms with Crippen LogP contribution in [0.3, 0.4) is 0 Å². The maximum Gasteiger partial charge on any atom is 0.338 e. The Morgan fingerprint density at radius 1 is 0.963 bits per heavy atom. The molecule has 0 unspecified atom stereocenters. The molecule has 0 saturated carbocycles. The van der Waals surface area contributed by atoms with E-state index in [9.17, 15) is 9.59 Å². The molecule has 0 bridgehead atoms. The molecule has 0 heterocycles. The fourth-order valence-corrected chi connectivity index (χ4v) is 2.68. The largest absolute Gasteiger partial charge is 0.493 e. The van der Waals surface area contributed by atoms with E-state index in [4.69, 9.17) is 14.2 Å². The second-order valence-corrected chi connectivity index (χ2v) is 6.18. The van der Waals surface area contributed by atoms with Gasteiger partial charge in [0.05, 0.1) is 19.8 Å². The van der Waals surface area contributed by atoms with E-state index >= 15 is 0 Å². The molecule has 0 aliphatic carbocycles. The van der Waals surface area contributed by atoms with Gasteiger partial charge in [-0.05, 0) is 49.6 Å². The van der Waals surface area contributed by atoms with Gasteiger partial charge in [0.25, 0.3) is 5.91 Å². The van der Waals surface area contributed by atoms with Gasteiger partial charge in [-0.25, -0.2) is 4.79 Å². The van der Waals surface area contributed by atoms with Crippen molar-refractivity contribution in [3.05, 3.63) is 58.7 Å². The molecule has 2 rings (SSSR count). The number of amides is 1. The number of methoxy groups -OCH3 is 2. The van der Waals surface area contributed by atoms with Gasteiger partial charge in [0.1, 0.15) is 0 Å². The van der Waals surface area contributed by atoms with Crippen molar-refractivity contribution in [2.24, 2.45) is 0 Å². The van der Waals surface area contributed by atoms with Crippen LogP contribution >= 0.6 is 0 Å². The Morgan fingerprint density at radius 2 is 1.70 bits per heavy atom. The van der Waals surface area contributed by atoms with Crippen LogP contribution in [0.4, 0.5) is 0 Å². The molecule has 27 heavy (non-hydrogen) atoms. The number of nitrogens with one attached hydrogen (secondary N) is 1. The Morgan fingerprint density at radius 3 is 2.37 bits per heavy atom. The van der Waals surface area contributed by atoms with Gasteiger partial charge in [-0.1, -0.05) is 23.8 Å². The molecule has 2 aromatic carbocycles. The number of esters is 1. The Bertz CT molecular complexity index is 816. The normalized spacial score (nSPS) is 10.2. The van der Waals surface area contributed by atoms with Crippen LogP contribution in [0.2, 0.25) is 0 Å². The van der Waals surface area contributed by atoms with Crippen molar-refractivity contribution in [1.29, 1.82) is 0 Å². The lowest BCUT2D eigenvalue weighted by atomic mass is 10.1. The first-order valence-corrected chi connectivity index (χ1v) is 8.66. The molecule has 0 fully saturated rings. The van der Waals surface area contributed by atoms with Crippen LogP contribution in [0.1, 0.15) is 27.0 Å². The number of hydrogen-bond donors (Lipinski definition) is 1.